The number of amides is 2. The van der Waals surface area contributed by atoms with Gasteiger partial charge in [-0.3, -0.25) is 4.21 Å². The molecule has 0 bridgehead atoms. The minimum absolute atomic E-state index is 0.113. The van der Waals surface area contributed by atoms with Crippen LogP contribution in [0.15, 0.2) is 35.5 Å². The quantitative estimate of drug-likeness (QED) is 0.907. The van der Waals surface area contributed by atoms with Crippen LogP contribution in [0.5, 0.6) is 0 Å². The van der Waals surface area contributed by atoms with Crippen molar-refractivity contribution < 1.29 is 9.00 Å². The summed E-state index contributed by atoms with van der Waals surface area (Å²) in [5.74, 6) is 1.17. The van der Waals surface area contributed by atoms with Crippen molar-refractivity contribution in [1.82, 2.24) is 19.7 Å². The monoisotopic (exact) mass is 361 g/mol. The van der Waals surface area contributed by atoms with Crippen LogP contribution in [0.4, 0.5) is 10.5 Å². The van der Waals surface area contributed by atoms with E-state index in [1.54, 1.807) is 36.8 Å². The molecule has 2 heterocycles. The van der Waals surface area contributed by atoms with E-state index >= 15 is 0 Å². The maximum absolute atomic E-state index is 12.6. The molecule has 134 valence electrons. The van der Waals surface area contributed by atoms with Gasteiger partial charge in [-0.25, -0.2) is 4.79 Å². The molecule has 3 rings (SSSR count). The Balaban J connectivity index is 1.64. The lowest BCUT2D eigenvalue weighted by atomic mass is 9.97. The normalized spacial score (nSPS) is 18.8. The number of aryl methyl sites for hydroxylation is 1. The van der Waals surface area contributed by atoms with Crippen LogP contribution in [0.1, 0.15) is 31.5 Å². The van der Waals surface area contributed by atoms with Crippen LogP contribution in [0.3, 0.4) is 0 Å². The minimum atomic E-state index is -1.02. The third-order valence-corrected chi connectivity index (χ3v) is 5.43. The van der Waals surface area contributed by atoms with Crippen LogP contribution < -0.4 is 5.32 Å². The number of urea groups is 1. The number of likely N-dealkylation sites (tertiary alicyclic amines) is 1. The largest absolute Gasteiger partial charge is 0.324 e. The summed E-state index contributed by atoms with van der Waals surface area (Å²) in [6, 6.07) is 6.99. The maximum Gasteiger partial charge on any atom is 0.321 e. The number of hydrogen-bond acceptors (Lipinski definition) is 4. The highest BCUT2D eigenvalue weighted by molar-refractivity contribution is 7.84. The molecule has 0 spiro atoms. The number of nitrogens with zero attached hydrogens (tertiary/aromatic N) is 4. The van der Waals surface area contributed by atoms with Gasteiger partial charge in [-0.15, -0.1) is 10.2 Å². The van der Waals surface area contributed by atoms with E-state index in [2.05, 4.69) is 22.4 Å². The zero-order valence-electron chi connectivity index (χ0n) is 14.5. The standard InChI is InChI=1S/C17H23N5O2S/c1-3-21-12-18-20-16(21)13-5-4-10-22(11-13)17(23)19-14-6-8-15(9-7-14)25(2)24/h6-9,12-13H,3-5,10-11H2,1-2H3,(H,19,23)/t13-,25-/m0/s1. The first-order valence-electron chi connectivity index (χ1n) is 8.45. The number of hydrogen-bond donors (Lipinski definition) is 1. The lowest BCUT2D eigenvalue weighted by Gasteiger charge is -2.32. The Bertz CT molecular complexity index is 759. The summed E-state index contributed by atoms with van der Waals surface area (Å²) in [6.07, 6.45) is 5.34. The fourth-order valence-electron chi connectivity index (χ4n) is 3.13. The molecule has 2 atom stereocenters. The Hall–Kier alpha value is -2.22. The van der Waals surface area contributed by atoms with Crippen LogP contribution in [0.2, 0.25) is 0 Å². The van der Waals surface area contributed by atoms with E-state index in [1.165, 1.54) is 0 Å². The zero-order chi connectivity index (χ0) is 17.8. The molecule has 8 heteroatoms. The average molecular weight is 361 g/mol. The van der Waals surface area contributed by atoms with E-state index in [9.17, 15) is 9.00 Å². The summed E-state index contributed by atoms with van der Waals surface area (Å²) in [5, 5.41) is 11.2. The molecule has 1 N–H and O–H groups in total. The summed E-state index contributed by atoms with van der Waals surface area (Å²) >= 11 is 0. The lowest BCUT2D eigenvalue weighted by Crippen LogP contribution is -2.42. The van der Waals surface area contributed by atoms with Crippen molar-refractivity contribution in [2.75, 3.05) is 24.7 Å². The zero-order valence-corrected chi connectivity index (χ0v) is 15.3. The van der Waals surface area contributed by atoms with Gasteiger partial charge in [0.25, 0.3) is 0 Å². The molecule has 2 aromatic rings. The summed E-state index contributed by atoms with van der Waals surface area (Å²) in [4.78, 5) is 15.1. The molecule has 1 aromatic heterocycles. The van der Waals surface area contributed by atoms with Crippen LogP contribution in [0.25, 0.3) is 0 Å². The van der Waals surface area contributed by atoms with Gasteiger partial charge in [0.2, 0.25) is 0 Å². The van der Waals surface area contributed by atoms with Crippen molar-refractivity contribution in [3.63, 3.8) is 0 Å². The number of anilines is 1. The Kier molecular flexibility index (Phi) is 5.47. The third kappa shape index (κ3) is 4.07. The molecule has 2 amide bonds. The van der Waals surface area contributed by atoms with E-state index in [0.29, 0.717) is 12.2 Å². The minimum Gasteiger partial charge on any atom is -0.324 e. The van der Waals surface area contributed by atoms with Crippen molar-refractivity contribution in [1.29, 1.82) is 0 Å². The first-order chi connectivity index (χ1) is 12.1. The molecule has 1 aliphatic rings. The van der Waals surface area contributed by atoms with Gasteiger partial charge in [-0.05, 0) is 44.0 Å². The predicted molar refractivity (Wildman–Crippen MR) is 97.0 cm³/mol. The van der Waals surface area contributed by atoms with Crippen molar-refractivity contribution >= 4 is 22.5 Å². The lowest BCUT2D eigenvalue weighted by molar-refractivity contribution is 0.190. The second kappa shape index (κ2) is 7.77. The molecule has 0 unspecified atom stereocenters. The molecule has 1 fully saturated rings. The van der Waals surface area contributed by atoms with Crippen LogP contribution in [-0.4, -0.2) is 49.2 Å². The van der Waals surface area contributed by atoms with Crippen LogP contribution in [-0.2, 0) is 17.3 Å². The van der Waals surface area contributed by atoms with Gasteiger partial charge in [0.05, 0.1) is 0 Å². The summed E-state index contributed by atoms with van der Waals surface area (Å²) in [7, 11) is -1.02. The number of carbonyl (C=O) groups excluding carboxylic acids is 1. The molecule has 0 aliphatic carbocycles. The van der Waals surface area contributed by atoms with Gasteiger partial charge >= 0.3 is 6.03 Å². The summed E-state index contributed by atoms with van der Waals surface area (Å²) in [5.41, 5.74) is 0.707. The maximum atomic E-state index is 12.6. The highest BCUT2D eigenvalue weighted by atomic mass is 32.2. The SMILES string of the molecule is CCn1cnnc1[C@H]1CCCN(C(=O)Nc2ccc([S@](C)=O)cc2)C1. The topological polar surface area (TPSA) is 80.1 Å². The molecule has 0 saturated carbocycles. The molecule has 7 nitrogen and oxygen atoms in total. The number of nitrogens with one attached hydrogen (secondary N) is 1. The Labute approximate surface area is 149 Å². The Morgan fingerprint density at radius 2 is 2.12 bits per heavy atom. The first-order valence-corrected chi connectivity index (χ1v) is 10.0. The van der Waals surface area contributed by atoms with Gasteiger partial charge < -0.3 is 14.8 Å². The molecule has 0 radical (unpaired) electrons. The van der Waals surface area contributed by atoms with E-state index in [4.69, 9.17) is 0 Å². The molecule has 25 heavy (non-hydrogen) atoms. The second-order valence-electron chi connectivity index (χ2n) is 6.17. The smallest absolute Gasteiger partial charge is 0.321 e. The highest BCUT2D eigenvalue weighted by Crippen LogP contribution is 2.26. The fourth-order valence-corrected chi connectivity index (χ4v) is 3.65. The van der Waals surface area contributed by atoms with Crippen molar-refractivity contribution in [3.05, 3.63) is 36.4 Å². The highest BCUT2D eigenvalue weighted by Gasteiger charge is 2.27. The van der Waals surface area contributed by atoms with E-state index in [1.807, 2.05) is 9.47 Å². The fraction of sp³-hybridized carbons (Fsp3) is 0.471. The van der Waals surface area contributed by atoms with Gasteiger partial charge in [-0.2, -0.15) is 0 Å². The van der Waals surface area contributed by atoms with Gasteiger partial charge in [0.15, 0.2) is 0 Å². The molecular weight excluding hydrogens is 338 g/mol. The van der Waals surface area contributed by atoms with Gasteiger partial charge in [0.1, 0.15) is 12.2 Å². The van der Waals surface area contributed by atoms with Crippen molar-refractivity contribution in [3.8, 4) is 0 Å². The molecule has 1 aromatic carbocycles. The third-order valence-electron chi connectivity index (χ3n) is 4.50. The van der Waals surface area contributed by atoms with Gasteiger partial charge in [-0.1, -0.05) is 0 Å². The first kappa shape index (κ1) is 17.6. The van der Waals surface area contributed by atoms with E-state index < -0.39 is 10.8 Å². The van der Waals surface area contributed by atoms with E-state index in [-0.39, 0.29) is 11.9 Å². The number of rotatable bonds is 4. The van der Waals surface area contributed by atoms with Crippen LogP contribution in [0, 0.1) is 0 Å². The number of benzene rings is 1. The number of aromatic nitrogens is 3. The van der Waals surface area contributed by atoms with Crippen molar-refractivity contribution in [2.45, 2.75) is 37.1 Å². The number of carbonyl (C=O) groups is 1. The average Bonchev–Trinajstić information content (AvgIpc) is 3.11. The Morgan fingerprint density at radius 1 is 1.36 bits per heavy atom. The second-order valence-corrected chi connectivity index (χ2v) is 7.55. The molecular formula is C17H23N5O2S. The van der Waals surface area contributed by atoms with E-state index in [0.717, 1.165) is 36.7 Å². The predicted octanol–water partition coefficient (Wildman–Crippen LogP) is 2.45. The van der Waals surface area contributed by atoms with Crippen LogP contribution >= 0.6 is 0 Å². The number of piperidine rings is 1. The Morgan fingerprint density at radius 3 is 2.80 bits per heavy atom. The summed E-state index contributed by atoms with van der Waals surface area (Å²) < 4.78 is 13.5. The molecule has 1 aliphatic heterocycles. The van der Waals surface area contributed by atoms with Crippen molar-refractivity contribution in [2.24, 2.45) is 0 Å². The summed E-state index contributed by atoms with van der Waals surface area (Å²) in [6.45, 7) is 4.27. The molecule has 1 saturated heterocycles. The van der Waals surface area contributed by atoms with Gasteiger partial charge in [0, 0.05) is 53.2 Å².